The minimum atomic E-state index is 0.115. The van der Waals surface area contributed by atoms with Crippen LogP contribution >= 0.6 is 0 Å². The number of carbonyl (C=O) groups is 2. The van der Waals surface area contributed by atoms with Crippen molar-refractivity contribution in [3.8, 4) is 5.75 Å². The Kier molecular flexibility index (Phi) is 7.63. The van der Waals surface area contributed by atoms with Crippen LogP contribution in [-0.2, 0) is 16.0 Å². The molecule has 3 saturated heterocycles. The molecular formula is C29H39N5O4. The molecule has 2 aromatic rings. The number of aryl methyl sites for hydroxylation is 1. The van der Waals surface area contributed by atoms with E-state index in [0.29, 0.717) is 43.1 Å². The monoisotopic (exact) mass is 521 g/mol. The van der Waals surface area contributed by atoms with Crippen molar-refractivity contribution in [3.63, 3.8) is 0 Å². The number of fused-ring (bicyclic) bond motifs is 1. The molecule has 4 fully saturated rings. The van der Waals surface area contributed by atoms with E-state index in [1.165, 1.54) is 18.4 Å². The van der Waals surface area contributed by atoms with E-state index in [-0.39, 0.29) is 11.8 Å². The molecule has 1 aromatic heterocycles. The number of H-pyrrole nitrogens is 1. The van der Waals surface area contributed by atoms with Gasteiger partial charge in [-0.15, -0.1) is 5.10 Å². The van der Waals surface area contributed by atoms with Crippen LogP contribution < -0.4 is 4.74 Å². The summed E-state index contributed by atoms with van der Waals surface area (Å²) in [7, 11) is 0. The maximum atomic E-state index is 13.7. The summed E-state index contributed by atoms with van der Waals surface area (Å²) >= 11 is 0. The van der Waals surface area contributed by atoms with Crippen molar-refractivity contribution in [2.75, 3.05) is 46.0 Å². The number of rotatable bonds is 8. The molecule has 0 unspecified atom stereocenters. The maximum absolute atomic E-state index is 13.7. The second kappa shape index (κ2) is 11.4. The van der Waals surface area contributed by atoms with E-state index in [1.54, 1.807) is 6.20 Å². The average Bonchev–Trinajstić information content (AvgIpc) is 3.59. The van der Waals surface area contributed by atoms with Crippen LogP contribution in [0.3, 0.4) is 0 Å². The van der Waals surface area contributed by atoms with Crippen LogP contribution in [0.1, 0.15) is 72.5 Å². The van der Waals surface area contributed by atoms with E-state index >= 15 is 0 Å². The highest BCUT2D eigenvalue weighted by atomic mass is 16.5. The van der Waals surface area contributed by atoms with E-state index in [1.807, 2.05) is 15.9 Å². The lowest BCUT2D eigenvalue weighted by Crippen LogP contribution is -2.34. The number of hydrogen-bond donors (Lipinski definition) is 1. The van der Waals surface area contributed by atoms with Crippen molar-refractivity contribution in [1.29, 1.82) is 0 Å². The molecule has 204 valence electrons. The Morgan fingerprint density at radius 3 is 2.42 bits per heavy atom. The van der Waals surface area contributed by atoms with Crippen LogP contribution in [0.5, 0.6) is 5.75 Å². The van der Waals surface area contributed by atoms with Crippen LogP contribution in [0, 0.1) is 17.8 Å². The van der Waals surface area contributed by atoms with Crippen molar-refractivity contribution >= 4 is 11.8 Å². The summed E-state index contributed by atoms with van der Waals surface area (Å²) in [6.07, 6.45) is 9.17. The Labute approximate surface area is 224 Å². The van der Waals surface area contributed by atoms with Gasteiger partial charge in [0.05, 0.1) is 12.3 Å². The normalized spacial score (nSPS) is 24.2. The van der Waals surface area contributed by atoms with E-state index < -0.39 is 0 Å². The van der Waals surface area contributed by atoms with Crippen molar-refractivity contribution in [3.05, 3.63) is 41.2 Å². The lowest BCUT2D eigenvalue weighted by molar-refractivity contribution is -0.130. The van der Waals surface area contributed by atoms with E-state index in [4.69, 9.17) is 9.47 Å². The molecule has 1 N–H and O–H groups in total. The summed E-state index contributed by atoms with van der Waals surface area (Å²) in [6.45, 7) is 5.39. The summed E-state index contributed by atoms with van der Waals surface area (Å²) in [6, 6.07) is 6.20. The smallest absolute Gasteiger partial charge is 0.253 e. The van der Waals surface area contributed by atoms with Gasteiger partial charge in [0.15, 0.2) is 0 Å². The van der Waals surface area contributed by atoms with Crippen LogP contribution in [0.4, 0.5) is 0 Å². The van der Waals surface area contributed by atoms with Gasteiger partial charge in [-0.1, -0.05) is 5.21 Å². The molecule has 6 rings (SSSR count). The predicted molar refractivity (Wildman–Crippen MR) is 141 cm³/mol. The molecule has 1 aromatic carbocycles. The number of ether oxygens (including phenoxy) is 2. The number of carbonyl (C=O) groups excluding carboxylic acids is 2. The quantitative estimate of drug-likeness (QED) is 0.571. The molecule has 4 aliphatic rings. The molecule has 1 aliphatic carbocycles. The van der Waals surface area contributed by atoms with Crippen LogP contribution in [0.15, 0.2) is 24.4 Å². The molecule has 0 bridgehead atoms. The highest BCUT2D eigenvalue weighted by Gasteiger charge is 2.37. The topological polar surface area (TPSA) is 101 Å². The van der Waals surface area contributed by atoms with Gasteiger partial charge in [0, 0.05) is 64.0 Å². The number of aromatic amines is 1. The van der Waals surface area contributed by atoms with Crippen molar-refractivity contribution in [2.45, 2.75) is 57.3 Å². The van der Waals surface area contributed by atoms with E-state index in [0.717, 1.165) is 82.1 Å². The fourth-order valence-corrected chi connectivity index (χ4v) is 6.29. The van der Waals surface area contributed by atoms with Gasteiger partial charge >= 0.3 is 0 Å². The minimum Gasteiger partial charge on any atom is -0.493 e. The van der Waals surface area contributed by atoms with Gasteiger partial charge in [0.1, 0.15) is 5.75 Å². The van der Waals surface area contributed by atoms with Crippen LogP contribution in [0.25, 0.3) is 0 Å². The van der Waals surface area contributed by atoms with Gasteiger partial charge in [0.2, 0.25) is 5.91 Å². The first kappa shape index (κ1) is 25.3. The number of amides is 2. The van der Waals surface area contributed by atoms with Crippen molar-refractivity contribution in [2.24, 2.45) is 17.8 Å². The molecule has 2 amide bonds. The lowest BCUT2D eigenvalue weighted by Gasteiger charge is -2.24. The number of nitrogens with zero attached hydrogens (tertiary/aromatic N) is 4. The molecule has 2 atom stereocenters. The SMILES string of the molecule is O=C(CCc1c[nH]nn1)N1C[C@H]2CCN(C(=O)c3cc(OCC4CCOCC4)cc(C4CC4)c3)CC[C@H]2C1. The number of hydrogen-bond acceptors (Lipinski definition) is 6. The molecule has 1 saturated carbocycles. The van der Waals surface area contributed by atoms with Gasteiger partial charge in [-0.05, 0) is 86.0 Å². The zero-order chi connectivity index (χ0) is 25.9. The first-order valence-corrected chi connectivity index (χ1v) is 14.4. The van der Waals surface area contributed by atoms with Crippen molar-refractivity contribution in [1.82, 2.24) is 25.2 Å². The molecule has 0 radical (unpaired) electrons. The zero-order valence-electron chi connectivity index (χ0n) is 22.1. The fourth-order valence-electron chi connectivity index (χ4n) is 6.29. The van der Waals surface area contributed by atoms with E-state index in [2.05, 4.69) is 27.5 Å². The van der Waals surface area contributed by atoms with Gasteiger partial charge in [0.25, 0.3) is 5.91 Å². The number of benzene rings is 1. The Bertz CT molecular complexity index is 1100. The third kappa shape index (κ3) is 6.03. The lowest BCUT2D eigenvalue weighted by atomic mass is 9.92. The number of nitrogens with one attached hydrogen (secondary N) is 1. The molecule has 9 nitrogen and oxygen atoms in total. The summed E-state index contributed by atoms with van der Waals surface area (Å²) in [5.74, 6) is 3.13. The Balaban J connectivity index is 1.05. The van der Waals surface area contributed by atoms with Crippen LogP contribution in [0.2, 0.25) is 0 Å². The Morgan fingerprint density at radius 2 is 1.74 bits per heavy atom. The molecule has 4 heterocycles. The summed E-state index contributed by atoms with van der Waals surface area (Å²) in [4.78, 5) is 30.5. The molecule has 38 heavy (non-hydrogen) atoms. The summed E-state index contributed by atoms with van der Waals surface area (Å²) in [5, 5.41) is 10.4. The fraction of sp³-hybridized carbons (Fsp3) is 0.655. The third-order valence-corrected chi connectivity index (χ3v) is 8.87. The maximum Gasteiger partial charge on any atom is 0.253 e. The standard InChI is InChI=1S/C29H39N5O4/c35-28(4-3-26-16-30-32-31-26)34-17-22-5-9-33(10-6-23(22)18-34)29(36)25-13-24(21-1-2-21)14-27(15-25)38-19-20-7-11-37-12-8-20/h13-16,20-23H,1-12,17-19H2,(H,30,31,32)/t22-,23+. The van der Waals surface area contributed by atoms with E-state index in [9.17, 15) is 9.59 Å². The molecule has 9 heteroatoms. The zero-order valence-corrected chi connectivity index (χ0v) is 22.1. The van der Waals surface area contributed by atoms with Gasteiger partial charge < -0.3 is 19.3 Å². The number of aromatic nitrogens is 3. The summed E-state index contributed by atoms with van der Waals surface area (Å²) in [5.41, 5.74) is 2.82. The first-order valence-electron chi connectivity index (χ1n) is 14.4. The second-order valence-electron chi connectivity index (χ2n) is 11.6. The Hall–Kier alpha value is -2.94. The minimum absolute atomic E-state index is 0.115. The van der Waals surface area contributed by atoms with Crippen molar-refractivity contribution < 1.29 is 19.1 Å². The second-order valence-corrected chi connectivity index (χ2v) is 11.6. The molecular weight excluding hydrogens is 482 g/mol. The molecule has 3 aliphatic heterocycles. The highest BCUT2D eigenvalue weighted by molar-refractivity contribution is 5.95. The highest BCUT2D eigenvalue weighted by Crippen LogP contribution is 2.42. The predicted octanol–water partition coefficient (Wildman–Crippen LogP) is 3.43. The van der Waals surface area contributed by atoms with Gasteiger partial charge in [-0.2, -0.15) is 0 Å². The number of likely N-dealkylation sites (tertiary alicyclic amines) is 2. The Morgan fingerprint density at radius 1 is 0.974 bits per heavy atom. The average molecular weight is 522 g/mol. The third-order valence-electron chi connectivity index (χ3n) is 8.87. The van der Waals surface area contributed by atoms with Crippen LogP contribution in [-0.4, -0.2) is 83.0 Å². The van der Waals surface area contributed by atoms with Gasteiger partial charge in [-0.25, -0.2) is 0 Å². The van der Waals surface area contributed by atoms with Gasteiger partial charge in [-0.3, -0.25) is 14.7 Å². The first-order chi connectivity index (χ1) is 18.6. The largest absolute Gasteiger partial charge is 0.493 e. The molecule has 0 spiro atoms. The summed E-state index contributed by atoms with van der Waals surface area (Å²) < 4.78 is 11.7.